The standard InChI is InChI=1S/C16H21N5O3/c1-3-13-15(20-10-24-13)16(22)18-7-11-6-12(23-2)8-21(11)14-4-5-17-9-19-14/h4-5,9-12H,3,6-8H2,1-2H3,(H,18,22)/t11-,12-/m1/s1. The van der Waals surface area contributed by atoms with Crippen LogP contribution < -0.4 is 10.2 Å². The molecule has 0 aliphatic carbocycles. The lowest BCUT2D eigenvalue weighted by atomic mass is 10.2. The van der Waals surface area contributed by atoms with Gasteiger partial charge in [-0.25, -0.2) is 15.0 Å². The molecule has 0 radical (unpaired) electrons. The summed E-state index contributed by atoms with van der Waals surface area (Å²) in [5.41, 5.74) is 0.354. The van der Waals surface area contributed by atoms with Crippen molar-refractivity contribution in [1.82, 2.24) is 20.3 Å². The predicted molar refractivity (Wildman–Crippen MR) is 86.8 cm³/mol. The Bertz CT molecular complexity index is 675. The molecule has 128 valence electrons. The third-order valence-corrected chi connectivity index (χ3v) is 4.25. The van der Waals surface area contributed by atoms with Crippen LogP contribution >= 0.6 is 0 Å². The fraction of sp³-hybridized carbons (Fsp3) is 0.500. The Kier molecular flexibility index (Phi) is 5.05. The molecule has 3 rings (SSSR count). The molecule has 1 fully saturated rings. The first-order valence-corrected chi connectivity index (χ1v) is 7.99. The number of carbonyl (C=O) groups excluding carboxylic acids is 1. The molecule has 0 aromatic carbocycles. The molecular formula is C16H21N5O3. The van der Waals surface area contributed by atoms with E-state index in [-0.39, 0.29) is 18.1 Å². The van der Waals surface area contributed by atoms with E-state index in [0.717, 1.165) is 18.8 Å². The summed E-state index contributed by atoms with van der Waals surface area (Å²) in [4.78, 5) is 26.7. The second-order valence-corrected chi connectivity index (χ2v) is 5.65. The summed E-state index contributed by atoms with van der Waals surface area (Å²) in [5, 5.41) is 2.94. The number of hydrogen-bond donors (Lipinski definition) is 1. The van der Waals surface area contributed by atoms with Gasteiger partial charge in [-0.15, -0.1) is 0 Å². The van der Waals surface area contributed by atoms with Gasteiger partial charge in [-0.2, -0.15) is 0 Å². The molecule has 0 unspecified atom stereocenters. The molecule has 1 N–H and O–H groups in total. The maximum atomic E-state index is 12.3. The fourth-order valence-electron chi connectivity index (χ4n) is 2.97. The van der Waals surface area contributed by atoms with Gasteiger partial charge in [0.15, 0.2) is 12.1 Å². The summed E-state index contributed by atoms with van der Waals surface area (Å²) in [6.45, 7) is 3.14. The summed E-state index contributed by atoms with van der Waals surface area (Å²) < 4.78 is 10.7. The first-order chi connectivity index (χ1) is 11.7. The van der Waals surface area contributed by atoms with E-state index in [4.69, 9.17) is 9.15 Å². The van der Waals surface area contributed by atoms with E-state index in [1.165, 1.54) is 12.7 Å². The van der Waals surface area contributed by atoms with Crippen molar-refractivity contribution in [1.29, 1.82) is 0 Å². The monoisotopic (exact) mass is 331 g/mol. The fourth-order valence-corrected chi connectivity index (χ4v) is 2.97. The molecular weight excluding hydrogens is 310 g/mol. The second-order valence-electron chi connectivity index (χ2n) is 5.65. The van der Waals surface area contributed by atoms with E-state index in [1.807, 2.05) is 13.0 Å². The molecule has 0 bridgehead atoms. The van der Waals surface area contributed by atoms with Gasteiger partial charge >= 0.3 is 0 Å². The molecule has 2 aromatic rings. The molecule has 1 aliphatic rings. The Morgan fingerprint density at radius 2 is 2.38 bits per heavy atom. The quantitative estimate of drug-likeness (QED) is 0.845. The number of carbonyl (C=O) groups is 1. The van der Waals surface area contributed by atoms with Crippen LogP contribution in [0.2, 0.25) is 0 Å². The number of oxazole rings is 1. The third-order valence-electron chi connectivity index (χ3n) is 4.25. The van der Waals surface area contributed by atoms with Crippen molar-refractivity contribution >= 4 is 11.7 Å². The van der Waals surface area contributed by atoms with Gasteiger partial charge in [-0.1, -0.05) is 6.92 Å². The van der Waals surface area contributed by atoms with Crippen molar-refractivity contribution in [2.75, 3.05) is 25.1 Å². The number of ether oxygens (including phenoxy) is 1. The van der Waals surface area contributed by atoms with E-state index in [9.17, 15) is 4.79 Å². The topological polar surface area (TPSA) is 93.4 Å². The minimum Gasteiger partial charge on any atom is -0.448 e. The number of amides is 1. The van der Waals surface area contributed by atoms with Crippen molar-refractivity contribution < 1.29 is 13.9 Å². The Morgan fingerprint density at radius 3 is 3.08 bits per heavy atom. The highest BCUT2D eigenvalue weighted by Crippen LogP contribution is 2.24. The Morgan fingerprint density at radius 1 is 1.50 bits per heavy atom. The first-order valence-electron chi connectivity index (χ1n) is 7.99. The molecule has 1 saturated heterocycles. The van der Waals surface area contributed by atoms with Crippen LogP contribution in [0, 0.1) is 0 Å². The highest BCUT2D eigenvalue weighted by atomic mass is 16.5. The normalized spacial score (nSPS) is 20.3. The number of anilines is 1. The summed E-state index contributed by atoms with van der Waals surface area (Å²) >= 11 is 0. The average Bonchev–Trinajstić information content (AvgIpc) is 3.26. The van der Waals surface area contributed by atoms with Gasteiger partial charge in [0.2, 0.25) is 0 Å². The van der Waals surface area contributed by atoms with Crippen LogP contribution in [0.25, 0.3) is 0 Å². The summed E-state index contributed by atoms with van der Waals surface area (Å²) in [7, 11) is 1.70. The van der Waals surface area contributed by atoms with E-state index < -0.39 is 0 Å². The number of nitrogens with one attached hydrogen (secondary N) is 1. The van der Waals surface area contributed by atoms with Crippen LogP contribution in [0.1, 0.15) is 29.6 Å². The van der Waals surface area contributed by atoms with Gasteiger partial charge < -0.3 is 19.4 Å². The smallest absolute Gasteiger partial charge is 0.273 e. The van der Waals surface area contributed by atoms with Crippen LogP contribution in [0.4, 0.5) is 5.82 Å². The van der Waals surface area contributed by atoms with Crippen molar-refractivity contribution in [3.05, 3.63) is 36.4 Å². The maximum Gasteiger partial charge on any atom is 0.273 e. The van der Waals surface area contributed by atoms with Gasteiger partial charge in [0, 0.05) is 32.8 Å². The van der Waals surface area contributed by atoms with Crippen molar-refractivity contribution in [3.63, 3.8) is 0 Å². The lowest BCUT2D eigenvalue weighted by Crippen LogP contribution is -2.40. The molecule has 1 aliphatic heterocycles. The Hall–Kier alpha value is -2.48. The van der Waals surface area contributed by atoms with Crippen LogP contribution in [0.5, 0.6) is 0 Å². The van der Waals surface area contributed by atoms with Gasteiger partial charge in [-0.05, 0) is 12.5 Å². The highest BCUT2D eigenvalue weighted by molar-refractivity contribution is 5.93. The number of aromatic nitrogens is 3. The molecule has 8 heteroatoms. The highest BCUT2D eigenvalue weighted by Gasteiger charge is 2.33. The second kappa shape index (κ2) is 7.39. The molecule has 2 atom stereocenters. The molecule has 24 heavy (non-hydrogen) atoms. The number of nitrogens with zero attached hydrogens (tertiary/aromatic N) is 4. The predicted octanol–water partition coefficient (Wildman–Crippen LogP) is 1.05. The van der Waals surface area contributed by atoms with Crippen LogP contribution in [0.15, 0.2) is 29.4 Å². The van der Waals surface area contributed by atoms with E-state index in [1.54, 1.807) is 13.3 Å². The van der Waals surface area contributed by atoms with E-state index in [2.05, 4.69) is 25.2 Å². The molecule has 3 heterocycles. The minimum atomic E-state index is -0.218. The zero-order chi connectivity index (χ0) is 16.9. The summed E-state index contributed by atoms with van der Waals surface area (Å²) in [6, 6.07) is 1.96. The molecule has 2 aromatic heterocycles. The third kappa shape index (κ3) is 3.38. The van der Waals surface area contributed by atoms with Crippen LogP contribution in [-0.4, -0.2) is 53.2 Å². The van der Waals surface area contributed by atoms with E-state index >= 15 is 0 Å². The molecule has 0 saturated carbocycles. The zero-order valence-corrected chi connectivity index (χ0v) is 13.8. The zero-order valence-electron chi connectivity index (χ0n) is 13.8. The van der Waals surface area contributed by atoms with Gasteiger partial charge in [0.25, 0.3) is 5.91 Å². The molecule has 1 amide bonds. The Labute approximate surface area is 140 Å². The van der Waals surface area contributed by atoms with Crippen molar-refractivity contribution in [3.8, 4) is 0 Å². The minimum absolute atomic E-state index is 0.103. The summed E-state index contributed by atoms with van der Waals surface area (Å²) in [6.07, 6.45) is 6.10. The van der Waals surface area contributed by atoms with Crippen molar-refractivity contribution in [2.24, 2.45) is 0 Å². The van der Waals surface area contributed by atoms with Crippen molar-refractivity contribution in [2.45, 2.75) is 31.9 Å². The van der Waals surface area contributed by atoms with Gasteiger partial charge in [0.1, 0.15) is 17.9 Å². The summed E-state index contributed by atoms with van der Waals surface area (Å²) in [5.74, 6) is 1.21. The first kappa shape index (κ1) is 16.4. The van der Waals surface area contributed by atoms with Gasteiger partial charge in [-0.3, -0.25) is 4.79 Å². The average molecular weight is 331 g/mol. The Balaban J connectivity index is 1.67. The SMILES string of the molecule is CCc1ocnc1C(=O)NC[C@H]1C[C@@H](OC)CN1c1ccncn1. The number of aryl methyl sites for hydroxylation is 1. The van der Waals surface area contributed by atoms with E-state index in [0.29, 0.717) is 24.4 Å². The number of rotatable bonds is 6. The maximum absolute atomic E-state index is 12.3. The molecule has 0 spiro atoms. The van der Waals surface area contributed by atoms with Crippen LogP contribution in [0.3, 0.4) is 0 Å². The lowest BCUT2D eigenvalue weighted by molar-refractivity contribution is 0.0940. The van der Waals surface area contributed by atoms with Crippen LogP contribution in [-0.2, 0) is 11.2 Å². The number of hydrogen-bond acceptors (Lipinski definition) is 7. The number of methoxy groups -OCH3 is 1. The van der Waals surface area contributed by atoms with Gasteiger partial charge in [0.05, 0.1) is 12.1 Å². The lowest BCUT2D eigenvalue weighted by Gasteiger charge is -2.25. The molecule has 8 nitrogen and oxygen atoms in total. The largest absolute Gasteiger partial charge is 0.448 e.